The lowest BCUT2D eigenvalue weighted by atomic mass is 9.82. The van der Waals surface area contributed by atoms with Gasteiger partial charge in [-0.3, -0.25) is 0 Å². The number of rotatable bonds is 7. The normalized spacial score (nSPS) is 20.4. The summed E-state index contributed by atoms with van der Waals surface area (Å²) in [4.78, 5) is 0. The highest BCUT2D eigenvalue weighted by atomic mass is 14.9. The van der Waals surface area contributed by atoms with Gasteiger partial charge in [0.1, 0.15) is 0 Å². The summed E-state index contributed by atoms with van der Waals surface area (Å²) in [6.45, 7) is 7.99. The minimum Gasteiger partial charge on any atom is -0.313 e. The molecule has 0 saturated heterocycles. The molecule has 0 heterocycles. The monoisotopic (exact) mass is 245 g/mol. The number of hydrogen-bond acceptors (Lipinski definition) is 1. The lowest BCUT2D eigenvalue weighted by Crippen LogP contribution is -2.41. The Labute approximate surface area is 112 Å². The maximum atomic E-state index is 3.75. The highest BCUT2D eigenvalue weighted by molar-refractivity contribution is 5.33. The average Bonchev–Trinajstić information content (AvgIpc) is 3.20. The number of nitrogens with one attached hydrogen (secondary N) is 1. The summed E-state index contributed by atoms with van der Waals surface area (Å²) in [5.41, 5.74) is 1.97. The Kier molecular flexibility index (Phi) is 4.45. The van der Waals surface area contributed by atoms with Crippen molar-refractivity contribution in [2.24, 2.45) is 5.92 Å². The molecule has 1 nitrogen and oxygen atoms in total. The van der Waals surface area contributed by atoms with Crippen LogP contribution in [-0.2, 0) is 5.41 Å². The van der Waals surface area contributed by atoms with Crippen LogP contribution in [0.5, 0.6) is 0 Å². The first-order valence-electron chi connectivity index (χ1n) is 7.52. The summed E-state index contributed by atoms with van der Waals surface area (Å²) < 4.78 is 0. The fraction of sp³-hybridized carbons (Fsp3) is 0.647. The molecule has 1 saturated carbocycles. The molecule has 0 aliphatic heterocycles. The average molecular weight is 245 g/mol. The van der Waals surface area contributed by atoms with Crippen molar-refractivity contribution in [2.75, 3.05) is 6.54 Å². The van der Waals surface area contributed by atoms with Crippen LogP contribution >= 0.6 is 0 Å². The largest absolute Gasteiger partial charge is 0.313 e. The summed E-state index contributed by atoms with van der Waals surface area (Å²) >= 11 is 0. The summed E-state index contributed by atoms with van der Waals surface area (Å²) in [7, 11) is 0. The van der Waals surface area contributed by atoms with Gasteiger partial charge >= 0.3 is 0 Å². The second-order valence-corrected chi connectivity index (χ2v) is 5.88. The Morgan fingerprint density at radius 1 is 1.17 bits per heavy atom. The first-order valence-corrected chi connectivity index (χ1v) is 7.52. The summed E-state index contributed by atoms with van der Waals surface area (Å²) in [6, 6.07) is 11.8. The molecule has 1 aromatic rings. The zero-order valence-electron chi connectivity index (χ0n) is 12.1. The Hall–Kier alpha value is -0.820. The molecule has 1 fully saturated rings. The van der Waals surface area contributed by atoms with E-state index in [0.29, 0.717) is 11.5 Å². The molecule has 2 rings (SSSR count). The van der Waals surface area contributed by atoms with Gasteiger partial charge in [0.15, 0.2) is 0 Å². The minimum absolute atomic E-state index is 0.431. The molecule has 100 valence electrons. The molecule has 1 aromatic carbocycles. The predicted octanol–water partition coefficient (Wildman–Crippen LogP) is 4.13. The molecular formula is C17H27N. The molecule has 0 amide bonds. The zero-order valence-corrected chi connectivity index (χ0v) is 12.1. The summed E-state index contributed by atoms with van der Waals surface area (Å²) in [5, 5.41) is 3.75. The van der Waals surface area contributed by atoms with E-state index in [1.54, 1.807) is 5.56 Å². The van der Waals surface area contributed by atoms with E-state index in [9.17, 15) is 0 Å². The number of likely N-dealkylation sites (N-methyl/N-ethyl adjacent to an activating group) is 1. The molecule has 1 N–H and O–H groups in total. The number of hydrogen-bond donors (Lipinski definition) is 1. The Morgan fingerprint density at radius 2 is 1.83 bits per heavy atom. The third kappa shape index (κ3) is 2.77. The zero-order chi connectivity index (χ0) is 13.0. The van der Waals surface area contributed by atoms with Gasteiger partial charge < -0.3 is 5.32 Å². The van der Waals surface area contributed by atoms with Crippen LogP contribution in [0.25, 0.3) is 0 Å². The van der Waals surface area contributed by atoms with Crippen molar-refractivity contribution < 1.29 is 0 Å². The van der Waals surface area contributed by atoms with Gasteiger partial charge in [-0.1, -0.05) is 57.5 Å². The lowest BCUT2D eigenvalue weighted by molar-refractivity contribution is 0.339. The molecule has 0 bridgehead atoms. The van der Waals surface area contributed by atoms with Gasteiger partial charge in [0.2, 0.25) is 0 Å². The summed E-state index contributed by atoms with van der Waals surface area (Å²) in [6.07, 6.45) is 5.29. The topological polar surface area (TPSA) is 12.0 Å². The van der Waals surface area contributed by atoms with Gasteiger partial charge in [-0.05, 0) is 37.3 Å². The minimum atomic E-state index is 0.431. The smallest absolute Gasteiger partial charge is 0.0166 e. The van der Waals surface area contributed by atoms with E-state index >= 15 is 0 Å². The molecule has 0 radical (unpaired) electrons. The van der Waals surface area contributed by atoms with Crippen molar-refractivity contribution in [1.29, 1.82) is 0 Å². The summed E-state index contributed by atoms with van der Waals surface area (Å²) in [5.74, 6) is 0.815. The fourth-order valence-electron chi connectivity index (χ4n) is 3.06. The van der Waals surface area contributed by atoms with Crippen LogP contribution in [0.15, 0.2) is 30.3 Å². The predicted molar refractivity (Wildman–Crippen MR) is 78.9 cm³/mol. The molecule has 1 heteroatoms. The second kappa shape index (κ2) is 5.88. The van der Waals surface area contributed by atoms with Crippen molar-refractivity contribution in [3.8, 4) is 0 Å². The lowest BCUT2D eigenvalue weighted by Gasteiger charge is -2.30. The SMILES string of the molecule is CCNC(CC(C)CC)C1(c2ccccc2)CC1. The van der Waals surface area contributed by atoms with E-state index in [0.717, 1.165) is 12.5 Å². The van der Waals surface area contributed by atoms with Crippen molar-refractivity contribution in [3.63, 3.8) is 0 Å². The van der Waals surface area contributed by atoms with Gasteiger partial charge in [-0.15, -0.1) is 0 Å². The van der Waals surface area contributed by atoms with E-state index in [2.05, 4.69) is 56.4 Å². The first-order chi connectivity index (χ1) is 8.73. The standard InChI is InChI=1S/C17H27N/c1-4-14(3)13-16(18-5-2)17(11-12-17)15-9-7-6-8-10-15/h6-10,14,16,18H,4-5,11-13H2,1-3H3. The quantitative estimate of drug-likeness (QED) is 0.761. The Bertz CT molecular complexity index is 353. The van der Waals surface area contributed by atoms with Crippen molar-refractivity contribution >= 4 is 0 Å². The molecule has 0 aromatic heterocycles. The van der Waals surface area contributed by atoms with E-state index in [4.69, 9.17) is 0 Å². The van der Waals surface area contributed by atoms with E-state index < -0.39 is 0 Å². The van der Waals surface area contributed by atoms with E-state index in [1.165, 1.54) is 25.7 Å². The molecule has 18 heavy (non-hydrogen) atoms. The van der Waals surface area contributed by atoms with E-state index in [1.807, 2.05) is 0 Å². The molecule has 1 aliphatic carbocycles. The van der Waals surface area contributed by atoms with Gasteiger partial charge in [0.25, 0.3) is 0 Å². The highest BCUT2D eigenvalue weighted by Crippen LogP contribution is 2.52. The highest BCUT2D eigenvalue weighted by Gasteiger charge is 2.50. The van der Waals surface area contributed by atoms with Gasteiger partial charge in [-0.25, -0.2) is 0 Å². The van der Waals surface area contributed by atoms with Crippen LogP contribution in [0.4, 0.5) is 0 Å². The van der Waals surface area contributed by atoms with Crippen LogP contribution in [0.2, 0.25) is 0 Å². The molecular weight excluding hydrogens is 218 g/mol. The van der Waals surface area contributed by atoms with Gasteiger partial charge in [0.05, 0.1) is 0 Å². The Morgan fingerprint density at radius 3 is 2.33 bits per heavy atom. The first kappa shape index (κ1) is 13.6. The van der Waals surface area contributed by atoms with Crippen LogP contribution < -0.4 is 5.32 Å². The second-order valence-electron chi connectivity index (χ2n) is 5.88. The molecule has 2 unspecified atom stereocenters. The number of benzene rings is 1. The van der Waals surface area contributed by atoms with Crippen molar-refractivity contribution in [2.45, 2.75) is 57.9 Å². The van der Waals surface area contributed by atoms with Crippen LogP contribution in [0.3, 0.4) is 0 Å². The Balaban J connectivity index is 2.15. The third-order valence-corrected chi connectivity index (χ3v) is 4.59. The van der Waals surface area contributed by atoms with Crippen LogP contribution in [0.1, 0.15) is 52.0 Å². The van der Waals surface area contributed by atoms with Crippen LogP contribution in [0, 0.1) is 5.92 Å². The third-order valence-electron chi connectivity index (χ3n) is 4.59. The van der Waals surface area contributed by atoms with Crippen LogP contribution in [-0.4, -0.2) is 12.6 Å². The molecule has 1 aliphatic rings. The van der Waals surface area contributed by atoms with E-state index in [-0.39, 0.29) is 0 Å². The molecule has 0 spiro atoms. The van der Waals surface area contributed by atoms with Crippen molar-refractivity contribution in [1.82, 2.24) is 5.32 Å². The maximum Gasteiger partial charge on any atom is 0.0166 e. The maximum absolute atomic E-state index is 3.75. The molecule has 2 atom stereocenters. The van der Waals surface area contributed by atoms with Gasteiger partial charge in [-0.2, -0.15) is 0 Å². The van der Waals surface area contributed by atoms with Gasteiger partial charge in [0, 0.05) is 11.5 Å². The van der Waals surface area contributed by atoms with Crippen molar-refractivity contribution in [3.05, 3.63) is 35.9 Å². The fourth-order valence-corrected chi connectivity index (χ4v) is 3.06.